The third kappa shape index (κ3) is 6.31. The molecule has 0 N–H and O–H groups in total. The predicted molar refractivity (Wildman–Crippen MR) is 141 cm³/mol. The van der Waals surface area contributed by atoms with Gasteiger partial charge in [0.05, 0.1) is 18.9 Å². The molecule has 0 saturated heterocycles. The molecule has 0 saturated carbocycles. The van der Waals surface area contributed by atoms with E-state index in [0.29, 0.717) is 16.7 Å². The summed E-state index contributed by atoms with van der Waals surface area (Å²) in [6, 6.07) is 11.9. The van der Waals surface area contributed by atoms with E-state index in [4.69, 9.17) is 4.74 Å². The standard InChI is InChI=1S/C28H27F2N3O5S/c1-32(2)27(34)26(23-9-6-20(15-24(23)30)19-4-7-21(29)8-5-19)28(35)33(22-11-13-39(36,37)17-22)16-18-10-12-31-25(14-18)38-3/h4-15,22,26H,16-17H2,1-3H3/t22-,26-/m1/s1. The fraction of sp³-hybridized carbons (Fsp3) is 0.250. The second kappa shape index (κ2) is 11.3. The van der Waals surface area contributed by atoms with E-state index in [1.54, 1.807) is 18.2 Å². The van der Waals surface area contributed by atoms with Crippen molar-refractivity contribution in [3.05, 3.63) is 95.0 Å². The molecule has 0 fully saturated rings. The zero-order valence-electron chi connectivity index (χ0n) is 21.5. The maximum Gasteiger partial charge on any atom is 0.240 e. The van der Waals surface area contributed by atoms with E-state index in [1.807, 2.05) is 0 Å². The molecule has 2 atom stereocenters. The average Bonchev–Trinajstić information content (AvgIpc) is 3.27. The van der Waals surface area contributed by atoms with Gasteiger partial charge in [-0.25, -0.2) is 22.2 Å². The molecule has 0 aliphatic carbocycles. The minimum Gasteiger partial charge on any atom is -0.481 e. The molecule has 4 rings (SSSR count). The number of benzene rings is 2. The van der Waals surface area contributed by atoms with Crippen molar-refractivity contribution in [3.8, 4) is 17.0 Å². The van der Waals surface area contributed by atoms with Crippen molar-refractivity contribution >= 4 is 21.7 Å². The number of aromatic nitrogens is 1. The molecule has 0 bridgehead atoms. The maximum atomic E-state index is 15.6. The monoisotopic (exact) mass is 555 g/mol. The molecule has 0 unspecified atom stereocenters. The lowest BCUT2D eigenvalue weighted by Crippen LogP contribution is -2.47. The van der Waals surface area contributed by atoms with Gasteiger partial charge in [0.1, 0.15) is 17.6 Å². The molecule has 3 aromatic rings. The second-order valence-corrected chi connectivity index (χ2v) is 11.2. The Hall–Kier alpha value is -4.12. The molecular weight excluding hydrogens is 528 g/mol. The van der Waals surface area contributed by atoms with Crippen molar-refractivity contribution in [3.63, 3.8) is 0 Å². The van der Waals surface area contributed by atoms with Crippen LogP contribution in [0.1, 0.15) is 17.0 Å². The maximum absolute atomic E-state index is 15.6. The first kappa shape index (κ1) is 27.9. The van der Waals surface area contributed by atoms with Crippen LogP contribution in [-0.4, -0.2) is 68.0 Å². The number of halogens is 2. The number of nitrogens with zero attached hydrogens (tertiary/aromatic N) is 3. The van der Waals surface area contributed by atoms with Gasteiger partial charge in [0, 0.05) is 43.9 Å². The minimum atomic E-state index is -3.56. The molecule has 39 heavy (non-hydrogen) atoms. The lowest BCUT2D eigenvalue weighted by Gasteiger charge is -2.32. The number of carbonyl (C=O) groups excluding carboxylic acids is 2. The lowest BCUT2D eigenvalue weighted by molar-refractivity contribution is -0.143. The minimum absolute atomic E-state index is 0.0747. The molecule has 0 spiro atoms. The molecular formula is C28H27F2N3O5S. The van der Waals surface area contributed by atoms with Gasteiger partial charge in [-0.05, 0) is 47.0 Å². The normalized spacial score (nSPS) is 16.5. The van der Waals surface area contributed by atoms with E-state index in [2.05, 4.69) is 4.98 Å². The smallest absolute Gasteiger partial charge is 0.240 e. The third-order valence-electron chi connectivity index (χ3n) is 6.38. The van der Waals surface area contributed by atoms with Crippen molar-refractivity contribution in [2.24, 2.45) is 0 Å². The van der Waals surface area contributed by atoms with Crippen molar-refractivity contribution < 1.29 is 31.5 Å². The zero-order valence-corrected chi connectivity index (χ0v) is 22.4. The molecule has 1 aromatic heterocycles. The number of ether oxygens (including phenoxy) is 1. The largest absolute Gasteiger partial charge is 0.481 e. The fourth-order valence-electron chi connectivity index (χ4n) is 4.35. The van der Waals surface area contributed by atoms with E-state index in [1.165, 1.54) is 79.7 Å². The SMILES string of the molecule is COc1cc(CN(C(=O)[C@@H](C(=O)N(C)C)c2ccc(-c3ccc(F)cc3)cc2F)[C@@H]2C=CS(=O)(=O)C2)ccn1. The van der Waals surface area contributed by atoms with Gasteiger partial charge in [0.25, 0.3) is 0 Å². The number of hydrogen-bond donors (Lipinski definition) is 0. The first-order chi connectivity index (χ1) is 18.5. The summed E-state index contributed by atoms with van der Waals surface area (Å²) in [4.78, 5) is 33.9. The average molecular weight is 556 g/mol. The Kier molecular flexibility index (Phi) is 8.10. The summed E-state index contributed by atoms with van der Waals surface area (Å²) in [5.41, 5.74) is 1.41. The van der Waals surface area contributed by atoms with Gasteiger partial charge in [-0.1, -0.05) is 24.3 Å². The Balaban J connectivity index is 1.76. The molecule has 11 heteroatoms. The highest BCUT2D eigenvalue weighted by molar-refractivity contribution is 7.94. The van der Waals surface area contributed by atoms with Gasteiger partial charge in [-0.2, -0.15) is 0 Å². The summed E-state index contributed by atoms with van der Waals surface area (Å²) in [5, 5.41) is 1.03. The summed E-state index contributed by atoms with van der Waals surface area (Å²) < 4.78 is 58.6. The number of sulfone groups is 1. The number of hydrogen-bond acceptors (Lipinski definition) is 6. The van der Waals surface area contributed by atoms with Gasteiger partial charge in [0.2, 0.25) is 17.7 Å². The summed E-state index contributed by atoms with van der Waals surface area (Å²) in [6.07, 6.45) is 2.87. The highest BCUT2D eigenvalue weighted by Crippen LogP contribution is 2.31. The lowest BCUT2D eigenvalue weighted by atomic mass is 9.92. The Bertz CT molecular complexity index is 1520. The Labute approximate surface area is 225 Å². The number of likely N-dealkylation sites (N-methyl/N-ethyl adjacent to an activating group) is 1. The number of carbonyl (C=O) groups is 2. The zero-order chi connectivity index (χ0) is 28.3. The van der Waals surface area contributed by atoms with Gasteiger partial charge >= 0.3 is 0 Å². The van der Waals surface area contributed by atoms with E-state index in [0.717, 1.165) is 5.41 Å². The summed E-state index contributed by atoms with van der Waals surface area (Å²) in [7, 11) is 0.774. The quantitative estimate of drug-likeness (QED) is 0.395. The molecule has 8 nitrogen and oxygen atoms in total. The van der Waals surface area contributed by atoms with Crippen LogP contribution in [0, 0.1) is 11.6 Å². The summed E-state index contributed by atoms with van der Waals surface area (Å²) >= 11 is 0. The van der Waals surface area contributed by atoms with Crippen LogP contribution in [0.2, 0.25) is 0 Å². The van der Waals surface area contributed by atoms with Crippen LogP contribution < -0.4 is 4.74 Å². The van der Waals surface area contributed by atoms with Crippen molar-refractivity contribution in [2.45, 2.75) is 18.5 Å². The highest BCUT2D eigenvalue weighted by atomic mass is 32.2. The molecule has 1 aliphatic heterocycles. The van der Waals surface area contributed by atoms with Crippen LogP contribution in [0.3, 0.4) is 0 Å². The van der Waals surface area contributed by atoms with Crippen LogP contribution in [-0.2, 0) is 26.0 Å². The molecule has 0 radical (unpaired) electrons. The fourth-order valence-corrected chi connectivity index (χ4v) is 5.65. The Morgan fingerprint density at radius 1 is 1.03 bits per heavy atom. The highest BCUT2D eigenvalue weighted by Gasteiger charge is 2.39. The van der Waals surface area contributed by atoms with Gasteiger partial charge in [-0.15, -0.1) is 0 Å². The number of pyridine rings is 1. The molecule has 2 amide bonds. The second-order valence-electron chi connectivity index (χ2n) is 9.31. The van der Waals surface area contributed by atoms with Crippen LogP contribution in [0.5, 0.6) is 5.88 Å². The van der Waals surface area contributed by atoms with Crippen LogP contribution in [0.4, 0.5) is 8.78 Å². The van der Waals surface area contributed by atoms with Crippen LogP contribution in [0.15, 0.2) is 72.3 Å². The van der Waals surface area contributed by atoms with Crippen molar-refractivity contribution in [1.29, 1.82) is 0 Å². The van der Waals surface area contributed by atoms with E-state index in [-0.39, 0.29) is 23.7 Å². The summed E-state index contributed by atoms with van der Waals surface area (Å²) in [6.45, 7) is -0.0747. The van der Waals surface area contributed by atoms with Crippen LogP contribution in [0.25, 0.3) is 11.1 Å². The topological polar surface area (TPSA) is 96.9 Å². The molecule has 204 valence electrons. The van der Waals surface area contributed by atoms with Crippen LogP contribution >= 0.6 is 0 Å². The first-order valence-electron chi connectivity index (χ1n) is 12.0. The first-order valence-corrected chi connectivity index (χ1v) is 13.7. The van der Waals surface area contributed by atoms with Gasteiger partial charge in [0.15, 0.2) is 9.84 Å². The van der Waals surface area contributed by atoms with E-state index >= 15 is 4.39 Å². The van der Waals surface area contributed by atoms with Gasteiger partial charge < -0.3 is 14.5 Å². The Morgan fingerprint density at radius 2 is 1.72 bits per heavy atom. The molecule has 2 aromatic carbocycles. The number of rotatable bonds is 8. The number of methoxy groups -OCH3 is 1. The molecule has 2 heterocycles. The Morgan fingerprint density at radius 3 is 2.31 bits per heavy atom. The van der Waals surface area contributed by atoms with E-state index in [9.17, 15) is 22.4 Å². The third-order valence-corrected chi connectivity index (χ3v) is 7.76. The number of amides is 2. The van der Waals surface area contributed by atoms with E-state index < -0.39 is 45.2 Å². The van der Waals surface area contributed by atoms with Crippen molar-refractivity contribution in [2.75, 3.05) is 27.0 Å². The van der Waals surface area contributed by atoms with Crippen molar-refractivity contribution in [1.82, 2.24) is 14.8 Å². The molecule has 1 aliphatic rings. The predicted octanol–water partition coefficient (Wildman–Crippen LogP) is 3.55. The van der Waals surface area contributed by atoms with Gasteiger partial charge in [-0.3, -0.25) is 9.59 Å². The summed E-state index contributed by atoms with van der Waals surface area (Å²) in [5.74, 6) is -4.32.